The molecule has 0 radical (unpaired) electrons. The van der Waals surface area contributed by atoms with Gasteiger partial charge in [-0.25, -0.2) is 9.78 Å². The van der Waals surface area contributed by atoms with Crippen molar-refractivity contribution >= 4 is 27.4 Å². The van der Waals surface area contributed by atoms with E-state index in [-0.39, 0.29) is 10.1 Å². The van der Waals surface area contributed by atoms with Gasteiger partial charge in [0.15, 0.2) is 5.13 Å². The zero-order chi connectivity index (χ0) is 13.5. The van der Waals surface area contributed by atoms with Crippen LogP contribution in [-0.4, -0.2) is 40.7 Å². The summed E-state index contributed by atoms with van der Waals surface area (Å²) in [5.74, 6) is -1.02. The van der Waals surface area contributed by atoms with E-state index in [1.165, 1.54) is 7.11 Å². The third kappa shape index (κ3) is 4.26. The molecule has 2 N–H and O–H groups in total. The minimum atomic E-state index is -1.02. The SMILES string of the molecule is COCCCC(Nc1ncc([N+](=O)[O-])s1)C(=O)O. The first-order chi connectivity index (χ1) is 8.54. The third-order valence-electron chi connectivity index (χ3n) is 2.11. The average Bonchev–Trinajstić information content (AvgIpc) is 2.76. The molecule has 9 heteroatoms. The number of anilines is 1. The number of nitrogens with zero attached hydrogens (tertiary/aromatic N) is 2. The molecule has 1 rings (SSSR count). The Balaban J connectivity index is 2.59. The minimum Gasteiger partial charge on any atom is -0.480 e. The van der Waals surface area contributed by atoms with Gasteiger partial charge >= 0.3 is 11.0 Å². The number of carboxylic acid groups (broad SMARTS) is 1. The molecular weight excluding hydrogens is 262 g/mol. The van der Waals surface area contributed by atoms with Crippen LogP contribution in [0.15, 0.2) is 6.20 Å². The average molecular weight is 275 g/mol. The highest BCUT2D eigenvalue weighted by Gasteiger charge is 2.20. The quantitative estimate of drug-likeness (QED) is 0.418. The van der Waals surface area contributed by atoms with Crippen LogP contribution < -0.4 is 5.32 Å². The highest BCUT2D eigenvalue weighted by molar-refractivity contribution is 7.18. The zero-order valence-electron chi connectivity index (χ0n) is 9.66. The highest BCUT2D eigenvalue weighted by Crippen LogP contribution is 2.25. The summed E-state index contributed by atoms with van der Waals surface area (Å²) in [6.07, 6.45) is 2.03. The van der Waals surface area contributed by atoms with Crippen molar-refractivity contribution in [2.24, 2.45) is 0 Å². The fourth-order valence-corrected chi connectivity index (χ4v) is 1.94. The smallest absolute Gasteiger partial charge is 0.345 e. The largest absolute Gasteiger partial charge is 0.480 e. The summed E-state index contributed by atoms with van der Waals surface area (Å²) < 4.78 is 4.83. The number of hydrogen-bond acceptors (Lipinski definition) is 7. The lowest BCUT2D eigenvalue weighted by atomic mass is 10.1. The summed E-state index contributed by atoms with van der Waals surface area (Å²) in [4.78, 5) is 24.6. The molecule has 0 bridgehead atoms. The zero-order valence-corrected chi connectivity index (χ0v) is 10.5. The first kappa shape index (κ1) is 14.3. The summed E-state index contributed by atoms with van der Waals surface area (Å²) in [6, 6.07) is -0.828. The third-order valence-corrected chi connectivity index (χ3v) is 2.99. The van der Waals surface area contributed by atoms with Crippen LogP contribution in [0.2, 0.25) is 0 Å². The molecule has 0 amide bonds. The van der Waals surface area contributed by atoms with Gasteiger partial charge in [-0.15, -0.1) is 0 Å². The maximum Gasteiger partial charge on any atom is 0.345 e. The molecule has 1 atom stereocenters. The molecule has 1 heterocycles. The van der Waals surface area contributed by atoms with Crippen LogP contribution in [0.4, 0.5) is 10.1 Å². The second kappa shape index (κ2) is 6.87. The van der Waals surface area contributed by atoms with Gasteiger partial charge in [-0.2, -0.15) is 0 Å². The molecule has 1 aromatic heterocycles. The van der Waals surface area contributed by atoms with Crippen LogP contribution >= 0.6 is 11.3 Å². The number of nitrogens with one attached hydrogen (secondary N) is 1. The molecule has 0 aliphatic carbocycles. The maximum atomic E-state index is 11.0. The Morgan fingerprint density at radius 2 is 2.50 bits per heavy atom. The van der Waals surface area contributed by atoms with Crippen molar-refractivity contribution in [2.45, 2.75) is 18.9 Å². The predicted molar refractivity (Wildman–Crippen MR) is 64.9 cm³/mol. The summed E-state index contributed by atoms with van der Waals surface area (Å²) in [5, 5.41) is 22.2. The van der Waals surface area contributed by atoms with E-state index in [4.69, 9.17) is 9.84 Å². The van der Waals surface area contributed by atoms with Crippen molar-refractivity contribution < 1.29 is 19.6 Å². The van der Waals surface area contributed by atoms with E-state index in [2.05, 4.69) is 10.3 Å². The molecular formula is C9H13N3O5S. The van der Waals surface area contributed by atoms with Gasteiger partial charge in [0.1, 0.15) is 12.2 Å². The number of methoxy groups -OCH3 is 1. The summed E-state index contributed by atoms with van der Waals surface area (Å²) in [6.45, 7) is 0.462. The Kier molecular flexibility index (Phi) is 5.46. The first-order valence-corrected chi connectivity index (χ1v) is 5.94. The van der Waals surface area contributed by atoms with Crippen molar-refractivity contribution in [1.29, 1.82) is 0 Å². The number of carboxylic acids is 1. The lowest BCUT2D eigenvalue weighted by Crippen LogP contribution is -2.29. The van der Waals surface area contributed by atoms with E-state index < -0.39 is 16.9 Å². The van der Waals surface area contributed by atoms with Gasteiger partial charge < -0.3 is 15.2 Å². The van der Waals surface area contributed by atoms with E-state index in [1.54, 1.807) is 0 Å². The van der Waals surface area contributed by atoms with E-state index in [1.807, 2.05) is 0 Å². The van der Waals surface area contributed by atoms with Crippen LogP contribution in [0.1, 0.15) is 12.8 Å². The number of aliphatic carboxylic acids is 1. The molecule has 0 fully saturated rings. The van der Waals surface area contributed by atoms with E-state index in [9.17, 15) is 14.9 Å². The van der Waals surface area contributed by atoms with Gasteiger partial charge in [-0.3, -0.25) is 10.1 Å². The second-order valence-corrected chi connectivity index (χ2v) is 4.44. The van der Waals surface area contributed by atoms with Crippen molar-refractivity contribution in [3.8, 4) is 0 Å². The van der Waals surface area contributed by atoms with E-state index in [0.717, 1.165) is 17.5 Å². The molecule has 0 saturated heterocycles. The van der Waals surface area contributed by atoms with Crippen molar-refractivity contribution in [1.82, 2.24) is 4.98 Å². The predicted octanol–water partition coefficient (Wildman–Crippen LogP) is 1.34. The standard InChI is InChI=1S/C9H13N3O5S/c1-17-4-2-3-6(8(13)14)11-9-10-5-7(18-9)12(15)16/h5-6H,2-4H2,1H3,(H,10,11)(H,13,14). The minimum absolute atomic E-state index is 0.126. The van der Waals surface area contributed by atoms with Crippen molar-refractivity contribution in [3.05, 3.63) is 16.3 Å². The normalized spacial score (nSPS) is 12.1. The van der Waals surface area contributed by atoms with Crippen LogP contribution in [-0.2, 0) is 9.53 Å². The summed E-state index contributed by atoms with van der Waals surface area (Å²) in [7, 11) is 1.54. The summed E-state index contributed by atoms with van der Waals surface area (Å²) >= 11 is 0.810. The number of nitro groups is 1. The molecule has 18 heavy (non-hydrogen) atoms. The number of rotatable bonds is 8. The summed E-state index contributed by atoms with van der Waals surface area (Å²) in [5.41, 5.74) is 0. The van der Waals surface area contributed by atoms with Gasteiger partial charge in [0.05, 0.1) is 4.92 Å². The van der Waals surface area contributed by atoms with Crippen LogP contribution in [0, 0.1) is 10.1 Å². The number of thiazole rings is 1. The highest BCUT2D eigenvalue weighted by atomic mass is 32.1. The van der Waals surface area contributed by atoms with Crippen LogP contribution in [0.25, 0.3) is 0 Å². The molecule has 0 aliphatic heterocycles. The number of aromatic nitrogens is 1. The Bertz CT molecular complexity index is 422. The molecule has 0 aliphatic rings. The molecule has 0 saturated carbocycles. The molecule has 8 nitrogen and oxygen atoms in total. The molecule has 0 spiro atoms. The fraction of sp³-hybridized carbons (Fsp3) is 0.556. The van der Waals surface area contributed by atoms with Crippen LogP contribution in [0.3, 0.4) is 0 Å². The van der Waals surface area contributed by atoms with Gasteiger partial charge in [-0.1, -0.05) is 0 Å². The Hall–Kier alpha value is -1.74. The lowest BCUT2D eigenvalue weighted by Gasteiger charge is -2.12. The second-order valence-electron chi connectivity index (χ2n) is 3.43. The van der Waals surface area contributed by atoms with Crippen molar-refractivity contribution in [2.75, 3.05) is 19.0 Å². The molecule has 100 valence electrons. The Labute approximate surface area is 107 Å². The number of ether oxygens (including phenoxy) is 1. The fourth-order valence-electron chi connectivity index (χ4n) is 1.25. The maximum absolute atomic E-state index is 11.0. The molecule has 1 aromatic rings. The molecule has 1 unspecified atom stereocenters. The number of hydrogen-bond donors (Lipinski definition) is 2. The molecule has 0 aromatic carbocycles. The van der Waals surface area contributed by atoms with Gasteiger partial charge in [0, 0.05) is 13.7 Å². The Morgan fingerprint density at radius 3 is 3.00 bits per heavy atom. The lowest BCUT2D eigenvalue weighted by molar-refractivity contribution is -0.380. The van der Waals surface area contributed by atoms with Gasteiger partial charge in [0.25, 0.3) is 0 Å². The van der Waals surface area contributed by atoms with Gasteiger partial charge in [-0.05, 0) is 24.2 Å². The van der Waals surface area contributed by atoms with E-state index >= 15 is 0 Å². The Morgan fingerprint density at radius 1 is 1.78 bits per heavy atom. The van der Waals surface area contributed by atoms with Crippen LogP contribution in [0.5, 0.6) is 0 Å². The van der Waals surface area contributed by atoms with Gasteiger partial charge in [0.2, 0.25) is 0 Å². The number of carbonyl (C=O) groups is 1. The monoisotopic (exact) mass is 275 g/mol. The first-order valence-electron chi connectivity index (χ1n) is 5.13. The van der Waals surface area contributed by atoms with Crippen molar-refractivity contribution in [3.63, 3.8) is 0 Å². The van der Waals surface area contributed by atoms with E-state index in [0.29, 0.717) is 19.4 Å². The topological polar surface area (TPSA) is 115 Å².